The number of para-hydroxylation sites is 2. The summed E-state index contributed by atoms with van der Waals surface area (Å²) in [5.41, 5.74) is 10.8. The van der Waals surface area contributed by atoms with Crippen molar-refractivity contribution in [2.24, 2.45) is 0 Å². The van der Waals surface area contributed by atoms with Crippen molar-refractivity contribution in [3.05, 3.63) is 119 Å². The van der Waals surface area contributed by atoms with E-state index in [-0.39, 0.29) is 30.6 Å². The minimum Gasteiger partial charge on any atom is -0.397 e. The third kappa shape index (κ3) is 10.7. The topological polar surface area (TPSA) is 136 Å². The van der Waals surface area contributed by atoms with Gasteiger partial charge in [0.2, 0.25) is 11.8 Å². The van der Waals surface area contributed by atoms with Crippen LogP contribution in [-0.4, -0.2) is 33.8 Å². The van der Waals surface area contributed by atoms with Crippen LogP contribution in [0.4, 0.5) is 11.4 Å². The molecule has 246 valence electrons. The molecular weight excluding hydrogens is 612 g/mol. The molecule has 4 aromatic rings. The molecule has 1 aliphatic rings. The zero-order valence-corrected chi connectivity index (χ0v) is 27.2. The van der Waals surface area contributed by atoms with Gasteiger partial charge in [0.1, 0.15) is 0 Å². The average Bonchev–Trinajstić information content (AvgIpc) is 3.11. The Morgan fingerprint density at radius 3 is 2.26 bits per heavy atom. The van der Waals surface area contributed by atoms with Crippen molar-refractivity contribution >= 4 is 35.0 Å². The predicted octanol–water partition coefficient (Wildman–Crippen LogP) is 6.70. The van der Waals surface area contributed by atoms with Crippen molar-refractivity contribution in [2.75, 3.05) is 16.8 Å². The molecule has 0 bridgehead atoms. The fourth-order valence-corrected chi connectivity index (χ4v) is 6.17. The highest BCUT2D eigenvalue weighted by molar-refractivity contribution is 7.99. The average molecular weight is 655 g/mol. The number of carbonyl (C=O) groups excluding carboxylic acids is 2. The van der Waals surface area contributed by atoms with Gasteiger partial charge in [0.25, 0.3) is 0 Å². The molecular formula is C37H42N4O5S. The summed E-state index contributed by atoms with van der Waals surface area (Å²) < 4.78 is 12.9. The van der Waals surface area contributed by atoms with E-state index in [1.54, 1.807) is 30.1 Å². The highest BCUT2D eigenvalue weighted by Crippen LogP contribution is 2.39. The van der Waals surface area contributed by atoms with Gasteiger partial charge in [0.15, 0.2) is 6.29 Å². The minimum absolute atomic E-state index is 0.000108. The van der Waals surface area contributed by atoms with Crippen LogP contribution in [0, 0.1) is 0 Å². The summed E-state index contributed by atoms with van der Waals surface area (Å²) in [7, 11) is 0. The van der Waals surface area contributed by atoms with Crippen LogP contribution in [-0.2, 0) is 32.2 Å². The van der Waals surface area contributed by atoms with Crippen LogP contribution in [0.3, 0.4) is 0 Å². The molecule has 3 atom stereocenters. The maximum absolute atomic E-state index is 12.5. The van der Waals surface area contributed by atoms with Crippen LogP contribution < -0.4 is 16.4 Å². The first-order chi connectivity index (χ1) is 23.0. The molecule has 2 heterocycles. The van der Waals surface area contributed by atoms with Crippen molar-refractivity contribution < 1.29 is 24.2 Å². The van der Waals surface area contributed by atoms with Gasteiger partial charge in [-0.1, -0.05) is 73.2 Å². The summed E-state index contributed by atoms with van der Waals surface area (Å²) in [5.74, 6) is 0.645. The molecule has 1 fully saturated rings. The van der Waals surface area contributed by atoms with E-state index in [0.29, 0.717) is 50.0 Å². The number of aromatic nitrogens is 1. The number of anilines is 2. The highest BCUT2D eigenvalue weighted by atomic mass is 32.2. The lowest BCUT2D eigenvalue weighted by molar-refractivity contribution is -0.245. The standard InChI is InChI=1S/C37H42N4O5S/c38-31-8-4-5-9-32(31)41-35(44)11-3-1-2-10-34(43)40-23-26-13-19-29(20-14-26)37-45-30(25-47-36-12-6-7-21-39-36)22-33(46-37)28-17-15-27(24-42)16-18-28/h4-9,12-21,30,33,37,42H,1-3,10-11,22-25,38H2,(H,40,43)(H,41,44)/t30-,33+,37+/m0/s1. The molecule has 10 heteroatoms. The normalized spacial score (nSPS) is 17.6. The van der Waals surface area contributed by atoms with Gasteiger partial charge in [0, 0.05) is 43.3 Å². The van der Waals surface area contributed by atoms with E-state index < -0.39 is 6.29 Å². The lowest BCUT2D eigenvalue weighted by atomic mass is 10.0. The molecule has 3 aromatic carbocycles. The van der Waals surface area contributed by atoms with Gasteiger partial charge < -0.3 is 30.9 Å². The van der Waals surface area contributed by atoms with E-state index in [0.717, 1.165) is 39.5 Å². The van der Waals surface area contributed by atoms with E-state index in [4.69, 9.17) is 15.2 Å². The van der Waals surface area contributed by atoms with Gasteiger partial charge in [-0.05, 0) is 53.8 Å². The number of amides is 2. The van der Waals surface area contributed by atoms with E-state index in [9.17, 15) is 14.7 Å². The number of carbonyl (C=O) groups is 2. The predicted molar refractivity (Wildman–Crippen MR) is 184 cm³/mol. The number of nitrogen functional groups attached to an aromatic ring is 1. The van der Waals surface area contributed by atoms with Crippen LogP contribution in [0.1, 0.15) is 73.2 Å². The second-order valence-corrected chi connectivity index (χ2v) is 12.6. The Kier molecular flexibility index (Phi) is 12.8. The van der Waals surface area contributed by atoms with Crippen LogP contribution in [0.5, 0.6) is 0 Å². The van der Waals surface area contributed by atoms with Crippen LogP contribution in [0.2, 0.25) is 0 Å². The quantitative estimate of drug-likeness (QED) is 0.0632. The first-order valence-corrected chi connectivity index (χ1v) is 17.0. The number of nitrogens with one attached hydrogen (secondary N) is 2. The second kappa shape index (κ2) is 17.6. The fraction of sp³-hybridized carbons (Fsp3) is 0.324. The Morgan fingerprint density at radius 1 is 0.830 bits per heavy atom. The lowest BCUT2D eigenvalue weighted by Crippen LogP contribution is -2.31. The lowest BCUT2D eigenvalue weighted by Gasteiger charge is -2.36. The molecule has 9 nitrogen and oxygen atoms in total. The van der Waals surface area contributed by atoms with E-state index in [1.165, 1.54) is 0 Å². The van der Waals surface area contributed by atoms with E-state index >= 15 is 0 Å². The molecule has 47 heavy (non-hydrogen) atoms. The zero-order valence-electron chi connectivity index (χ0n) is 26.3. The SMILES string of the molecule is Nc1ccccc1NC(=O)CCCCCC(=O)NCc1ccc([C@@H]2O[C@H](CSc3ccccn3)C[C@H](c3ccc(CO)cc3)O2)cc1. The number of unbranched alkanes of at least 4 members (excludes halogenated alkanes) is 2. The van der Waals surface area contributed by atoms with E-state index in [1.807, 2.05) is 78.9 Å². The molecule has 5 rings (SSSR count). The second-order valence-electron chi connectivity index (χ2n) is 11.5. The van der Waals surface area contributed by atoms with Crippen molar-refractivity contribution in [1.29, 1.82) is 0 Å². The van der Waals surface area contributed by atoms with Crippen LogP contribution in [0.15, 0.2) is 102 Å². The summed E-state index contributed by atoms with van der Waals surface area (Å²) in [4.78, 5) is 29.1. The summed E-state index contributed by atoms with van der Waals surface area (Å²) in [5, 5.41) is 16.2. The Hall–Kier alpha value is -4.22. The smallest absolute Gasteiger partial charge is 0.224 e. The molecule has 0 saturated carbocycles. The van der Waals surface area contributed by atoms with Gasteiger partial charge in [-0.25, -0.2) is 4.98 Å². The molecule has 5 N–H and O–H groups in total. The third-order valence-electron chi connectivity index (χ3n) is 7.95. The molecule has 2 amide bonds. The minimum atomic E-state index is -0.545. The molecule has 1 saturated heterocycles. The molecule has 0 radical (unpaired) electrons. The maximum atomic E-state index is 12.5. The number of rotatable bonds is 15. The summed E-state index contributed by atoms with van der Waals surface area (Å²) in [6.07, 6.45) is 4.73. The Labute approximate surface area is 280 Å². The number of hydrogen-bond donors (Lipinski definition) is 4. The molecule has 1 aliphatic heterocycles. The Balaban J connectivity index is 1.08. The van der Waals surface area contributed by atoms with Crippen molar-refractivity contribution in [3.8, 4) is 0 Å². The van der Waals surface area contributed by atoms with Crippen molar-refractivity contribution in [3.63, 3.8) is 0 Å². The molecule has 0 unspecified atom stereocenters. The van der Waals surface area contributed by atoms with Gasteiger partial charge in [-0.2, -0.15) is 0 Å². The van der Waals surface area contributed by atoms with Crippen molar-refractivity contribution in [1.82, 2.24) is 10.3 Å². The van der Waals surface area contributed by atoms with Gasteiger partial charge in [0.05, 0.1) is 35.2 Å². The first-order valence-electron chi connectivity index (χ1n) is 16.0. The number of ether oxygens (including phenoxy) is 2. The molecule has 0 spiro atoms. The number of aliphatic hydroxyl groups is 1. The van der Waals surface area contributed by atoms with Gasteiger partial charge >= 0.3 is 0 Å². The summed E-state index contributed by atoms with van der Waals surface area (Å²) >= 11 is 1.66. The highest BCUT2D eigenvalue weighted by Gasteiger charge is 2.32. The zero-order chi connectivity index (χ0) is 32.8. The van der Waals surface area contributed by atoms with Crippen molar-refractivity contribution in [2.45, 2.75) is 75.2 Å². The number of pyridine rings is 1. The Morgan fingerprint density at radius 2 is 1.53 bits per heavy atom. The first kappa shape index (κ1) is 34.1. The molecule has 0 aliphatic carbocycles. The number of benzene rings is 3. The fourth-order valence-electron chi connectivity index (χ4n) is 5.29. The van der Waals surface area contributed by atoms with E-state index in [2.05, 4.69) is 15.6 Å². The van der Waals surface area contributed by atoms with Gasteiger partial charge in [-0.15, -0.1) is 11.8 Å². The van der Waals surface area contributed by atoms with Crippen LogP contribution >= 0.6 is 11.8 Å². The monoisotopic (exact) mass is 654 g/mol. The Bertz CT molecular complexity index is 1570. The van der Waals surface area contributed by atoms with Crippen LogP contribution in [0.25, 0.3) is 0 Å². The molecule has 1 aromatic heterocycles. The summed E-state index contributed by atoms with van der Waals surface area (Å²) in [6.45, 7) is 0.426. The maximum Gasteiger partial charge on any atom is 0.224 e. The number of aliphatic hydroxyl groups excluding tert-OH is 1. The number of hydrogen-bond acceptors (Lipinski definition) is 8. The number of thioether (sulfide) groups is 1. The van der Waals surface area contributed by atoms with Gasteiger partial charge in [-0.3, -0.25) is 9.59 Å². The number of nitrogens with zero attached hydrogens (tertiary/aromatic N) is 1. The number of nitrogens with two attached hydrogens (primary N) is 1. The summed E-state index contributed by atoms with van der Waals surface area (Å²) in [6, 6.07) is 28.9. The largest absolute Gasteiger partial charge is 0.397 e. The third-order valence-corrected chi connectivity index (χ3v) is 9.03.